The summed E-state index contributed by atoms with van der Waals surface area (Å²) in [5, 5.41) is 0. The van der Waals surface area contributed by atoms with Crippen LogP contribution in [0, 0.1) is 5.41 Å². The van der Waals surface area contributed by atoms with Crippen LogP contribution in [0.5, 0.6) is 0 Å². The fourth-order valence-corrected chi connectivity index (χ4v) is 5.44. The van der Waals surface area contributed by atoms with Crippen molar-refractivity contribution in [3.8, 4) is 0 Å². The lowest BCUT2D eigenvalue weighted by atomic mass is 9.67. The van der Waals surface area contributed by atoms with Crippen LogP contribution in [0.15, 0.2) is 36.1 Å². The summed E-state index contributed by atoms with van der Waals surface area (Å²) in [5.41, 5.74) is 2.39. The van der Waals surface area contributed by atoms with E-state index in [2.05, 4.69) is 23.6 Å². The Bertz CT molecular complexity index is 711. The Kier molecular flexibility index (Phi) is 7.40. The molecule has 0 aromatic rings. The second-order valence-corrected chi connectivity index (χ2v) is 8.66. The van der Waals surface area contributed by atoms with Crippen molar-refractivity contribution in [3.05, 3.63) is 36.1 Å². The number of piperidine rings is 2. The zero-order valence-electron chi connectivity index (χ0n) is 18.9. The molecule has 2 amide bonds. The molecule has 0 radical (unpaired) electrons. The van der Waals surface area contributed by atoms with Crippen molar-refractivity contribution in [1.29, 1.82) is 0 Å². The Labute approximate surface area is 181 Å². The molecule has 3 aliphatic heterocycles. The molecule has 30 heavy (non-hydrogen) atoms. The van der Waals surface area contributed by atoms with Gasteiger partial charge >= 0.3 is 6.09 Å². The van der Waals surface area contributed by atoms with E-state index in [9.17, 15) is 9.59 Å². The third-order valence-electron chi connectivity index (χ3n) is 7.12. The molecule has 3 rings (SSSR count). The van der Waals surface area contributed by atoms with Crippen LogP contribution in [0.2, 0.25) is 0 Å². The number of carbonyl (C=O) groups is 2. The summed E-state index contributed by atoms with van der Waals surface area (Å²) in [6.07, 6.45) is 11.2. The minimum absolute atomic E-state index is 0.0903. The predicted molar refractivity (Wildman–Crippen MR) is 119 cm³/mol. The summed E-state index contributed by atoms with van der Waals surface area (Å²) in [6.45, 7) is 14.4. The van der Waals surface area contributed by atoms with Crippen molar-refractivity contribution in [2.24, 2.45) is 5.41 Å². The van der Waals surface area contributed by atoms with Gasteiger partial charge in [0.2, 0.25) is 5.91 Å². The third-order valence-corrected chi connectivity index (χ3v) is 7.12. The van der Waals surface area contributed by atoms with Gasteiger partial charge in [-0.2, -0.15) is 0 Å². The number of allylic oxidation sites excluding steroid dienone is 4. The van der Waals surface area contributed by atoms with Gasteiger partial charge < -0.3 is 19.4 Å². The third kappa shape index (κ3) is 4.48. The molecule has 0 saturated carbocycles. The van der Waals surface area contributed by atoms with Crippen LogP contribution in [0.25, 0.3) is 0 Å². The van der Waals surface area contributed by atoms with E-state index in [4.69, 9.17) is 4.74 Å². The van der Waals surface area contributed by atoms with E-state index >= 15 is 0 Å². The highest BCUT2D eigenvalue weighted by Gasteiger charge is 2.43. The summed E-state index contributed by atoms with van der Waals surface area (Å²) < 4.78 is 5.14. The van der Waals surface area contributed by atoms with Gasteiger partial charge in [0.05, 0.1) is 6.61 Å². The maximum absolute atomic E-state index is 12.1. The van der Waals surface area contributed by atoms with Gasteiger partial charge in [-0.05, 0) is 70.7 Å². The second kappa shape index (κ2) is 9.82. The molecule has 6 heteroatoms. The Morgan fingerprint density at radius 2 is 1.77 bits per heavy atom. The largest absolute Gasteiger partial charge is 0.450 e. The standard InChI is InChI=1S/C24H37N3O3/c1-5-8-21-22(6-2)27(19(4)28)18-13-24(21)11-16-25(17-12-24)20-9-14-26(15-10-20)23(29)30-7-3/h5-6,8,20H,2,7,9-18H2,1,3-4H3/b8-5-. The van der Waals surface area contributed by atoms with Crippen molar-refractivity contribution < 1.29 is 14.3 Å². The summed E-state index contributed by atoms with van der Waals surface area (Å²) in [4.78, 5) is 30.4. The lowest BCUT2D eigenvalue weighted by Gasteiger charge is -2.50. The number of likely N-dealkylation sites (tertiary alicyclic amines) is 2. The van der Waals surface area contributed by atoms with Crippen molar-refractivity contribution in [1.82, 2.24) is 14.7 Å². The van der Waals surface area contributed by atoms with Crippen molar-refractivity contribution in [2.75, 3.05) is 39.3 Å². The number of carbonyl (C=O) groups excluding carboxylic acids is 2. The number of amides is 2. The lowest BCUT2D eigenvalue weighted by Crippen LogP contribution is -2.52. The summed E-state index contributed by atoms with van der Waals surface area (Å²) in [5.74, 6) is 0.0903. The van der Waals surface area contributed by atoms with Gasteiger partial charge in [-0.15, -0.1) is 0 Å². The maximum Gasteiger partial charge on any atom is 0.409 e. The van der Waals surface area contributed by atoms with Crippen molar-refractivity contribution in [2.45, 2.75) is 58.9 Å². The van der Waals surface area contributed by atoms with Gasteiger partial charge in [0.15, 0.2) is 0 Å². The molecule has 0 N–H and O–H groups in total. The van der Waals surface area contributed by atoms with Gasteiger partial charge in [0.25, 0.3) is 0 Å². The van der Waals surface area contributed by atoms with Crippen LogP contribution < -0.4 is 0 Å². The first-order valence-corrected chi connectivity index (χ1v) is 11.4. The topological polar surface area (TPSA) is 53.1 Å². The van der Waals surface area contributed by atoms with E-state index in [1.807, 2.05) is 29.7 Å². The molecule has 0 aliphatic carbocycles. The summed E-state index contributed by atoms with van der Waals surface area (Å²) in [6, 6.07) is 0.540. The van der Waals surface area contributed by atoms with Crippen molar-refractivity contribution in [3.63, 3.8) is 0 Å². The van der Waals surface area contributed by atoms with Crippen LogP contribution in [0.4, 0.5) is 4.79 Å². The predicted octanol–water partition coefficient (Wildman–Crippen LogP) is 3.96. The fourth-order valence-electron chi connectivity index (χ4n) is 5.44. The molecule has 2 saturated heterocycles. The lowest BCUT2D eigenvalue weighted by molar-refractivity contribution is -0.127. The number of rotatable bonds is 4. The Morgan fingerprint density at radius 3 is 2.30 bits per heavy atom. The fraction of sp³-hybridized carbons (Fsp3) is 0.667. The normalized spacial score (nSPS) is 23.3. The molecule has 3 aliphatic rings. The SMILES string of the molecule is C=CC1=C(/C=C\C)C2(CCN1C(C)=O)CCN(C1CCN(C(=O)OCC)CC1)CC2. The number of hydrogen-bond acceptors (Lipinski definition) is 4. The summed E-state index contributed by atoms with van der Waals surface area (Å²) in [7, 11) is 0. The average molecular weight is 416 g/mol. The molecule has 0 atom stereocenters. The highest BCUT2D eigenvalue weighted by atomic mass is 16.6. The molecule has 1 spiro atoms. The van der Waals surface area contributed by atoms with Crippen LogP contribution in [-0.4, -0.2) is 72.1 Å². The van der Waals surface area contributed by atoms with E-state index in [-0.39, 0.29) is 17.4 Å². The molecule has 6 nitrogen and oxygen atoms in total. The van der Waals surface area contributed by atoms with Gasteiger partial charge in [0, 0.05) is 43.7 Å². The van der Waals surface area contributed by atoms with Gasteiger partial charge in [-0.3, -0.25) is 4.79 Å². The Hall–Kier alpha value is -2.08. The van der Waals surface area contributed by atoms with E-state index < -0.39 is 0 Å². The smallest absolute Gasteiger partial charge is 0.409 e. The van der Waals surface area contributed by atoms with Gasteiger partial charge in [-0.1, -0.05) is 18.7 Å². The monoisotopic (exact) mass is 415 g/mol. The number of nitrogens with zero attached hydrogens (tertiary/aromatic N) is 3. The molecule has 0 aromatic heterocycles. The van der Waals surface area contributed by atoms with Crippen LogP contribution in [0.1, 0.15) is 52.9 Å². The highest BCUT2D eigenvalue weighted by molar-refractivity contribution is 5.76. The Morgan fingerprint density at radius 1 is 1.13 bits per heavy atom. The van der Waals surface area contributed by atoms with Crippen molar-refractivity contribution >= 4 is 12.0 Å². The first kappa shape index (κ1) is 22.6. The quantitative estimate of drug-likeness (QED) is 0.697. The minimum atomic E-state index is -0.177. The van der Waals surface area contributed by atoms with Crippen LogP contribution in [-0.2, 0) is 9.53 Å². The van der Waals surface area contributed by atoms with E-state index in [0.717, 1.165) is 70.5 Å². The minimum Gasteiger partial charge on any atom is -0.450 e. The second-order valence-electron chi connectivity index (χ2n) is 8.66. The Balaban J connectivity index is 1.67. The first-order chi connectivity index (χ1) is 14.5. The molecule has 0 unspecified atom stereocenters. The zero-order chi connectivity index (χ0) is 21.7. The molecule has 3 heterocycles. The first-order valence-electron chi connectivity index (χ1n) is 11.4. The van der Waals surface area contributed by atoms with Gasteiger partial charge in [-0.25, -0.2) is 4.79 Å². The average Bonchev–Trinajstić information content (AvgIpc) is 2.76. The van der Waals surface area contributed by atoms with Crippen LogP contribution >= 0.6 is 0 Å². The van der Waals surface area contributed by atoms with Gasteiger partial charge in [0.1, 0.15) is 0 Å². The highest BCUT2D eigenvalue weighted by Crippen LogP contribution is 2.48. The molecule has 2 fully saturated rings. The number of hydrogen-bond donors (Lipinski definition) is 0. The molecule has 0 aromatic carbocycles. The zero-order valence-corrected chi connectivity index (χ0v) is 18.9. The van der Waals surface area contributed by atoms with E-state index in [0.29, 0.717) is 12.6 Å². The van der Waals surface area contributed by atoms with E-state index in [1.54, 1.807) is 6.92 Å². The maximum atomic E-state index is 12.1. The molecule has 0 bridgehead atoms. The molecule has 166 valence electrons. The molecular formula is C24H37N3O3. The van der Waals surface area contributed by atoms with Crippen LogP contribution in [0.3, 0.4) is 0 Å². The van der Waals surface area contributed by atoms with E-state index in [1.165, 1.54) is 5.57 Å². The molecular weight excluding hydrogens is 378 g/mol. The summed E-state index contributed by atoms with van der Waals surface area (Å²) >= 11 is 0. The number of ether oxygens (including phenoxy) is 1.